The number of nitrogens with one attached hydrogen (secondary N) is 1. The average Bonchev–Trinajstić information content (AvgIpc) is 3.01. The number of halogens is 1. The first-order valence-corrected chi connectivity index (χ1v) is 5.35. The van der Waals surface area contributed by atoms with Crippen LogP contribution in [0.3, 0.4) is 0 Å². The Kier molecular flexibility index (Phi) is 2.77. The van der Waals surface area contributed by atoms with Crippen LogP contribution in [0.15, 0.2) is 18.7 Å². The molecule has 1 N–H and O–H groups in total. The molecule has 0 radical (unpaired) electrons. The second-order valence-electron chi connectivity index (χ2n) is 4.14. The maximum absolute atomic E-state index is 13.6. The summed E-state index contributed by atoms with van der Waals surface area (Å²) in [5.41, 5.74) is 1.69. The van der Waals surface area contributed by atoms with E-state index in [1.165, 1.54) is 6.07 Å². The SMILES string of the molecule is C=Cc1cc(C(=O)NC2CC2)c(F)cc1C. The molecule has 0 bridgehead atoms. The zero-order valence-corrected chi connectivity index (χ0v) is 9.22. The lowest BCUT2D eigenvalue weighted by Crippen LogP contribution is -2.26. The van der Waals surface area contributed by atoms with E-state index >= 15 is 0 Å². The summed E-state index contributed by atoms with van der Waals surface area (Å²) in [6.07, 6.45) is 3.61. The van der Waals surface area contributed by atoms with Gasteiger partial charge < -0.3 is 5.32 Å². The predicted octanol–water partition coefficient (Wildman–Crippen LogP) is 2.67. The molecular formula is C13H14FNO. The maximum Gasteiger partial charge on any atom is 0.254 e. The molecule has 0 atom stereocenters. The third-order valence-corrected chi connectivity index (χ3v) is 2.73. The molecule has 2 nitrogen and oxygen atoms in total. The number of aryl methyl sites for hydroxylation is 1. The van der Waals surface area contributed by atoms with Gasteiger partial charge in [-0.05, 0) is 43.0 Å². The van der Waals surface area contributed by atoms with Crippen molar-refractivity contribution in [1.82, 2.24) is 5.32 Å². The number of amides is 1. The van der Waals surface area contributed by atoms with Crippen LogP contribution in [0.25, 0.3) is 6.08 Å². The zero-order valence-electron chi connectivity index (χ0n) is 9.22. The minimum atomic E-state index is -0.471. The Morgan fingerprint density at radius 2 is 2.25 bits per heavy atom. The lowest BCUT2D eigenvalue weighted by molar-refractivity contribution is 0.0947. The Bertz CT molecular complexity index is 449. The van der Waals surface area contributed by atoms with Gasteiger partial charge in [-0.3, -0.25) is 4.79 Å². The van der Waals surface area contributed by atoms with Crippen molar-refractivity contribution in [3.63, 3.8) is 0 Å². The number of benzene rings is 1. The average molecular weight is 219 g/mol. The summed E-state index contributed by atoms with van der Waals surface area (Å²) in [4.78, 5) is 11.7. The van der Waals surface area contributed by atoms with Gasteiger partial charge in [0, 0.05) is 6.04 Å². The largest absolute Gasteiger partial charge is 0.349 e. The van der Waals surface area contributed by atoms with Gasteiger partial charge in [-0.15, -0.1) is 0 Å². The fraction of sp³-hybridized carbons (Fsp3) is 0.308. The standard InChI is InChI=1S/C13H14FNO/c1-3-9-7-11(12(14)6-8(9)2)13(16)15-10-4-5-10/h3,6-7,10H,1,4-5H2,2H3,(H,15,16). The van der Waals surface area contributed by atoms with Gasteiger partial charge in [0.05, 0.1) is 5.56 Å². The molecular weight excluding hydrogens is 205 g/mol. The molecule has 0 unspecified atom stereocenters. The quantitative estimate of drug-likeness (QED) is 0.832. The van der Waals surface area contributed by atoms with E-state index in [1.54, 1.807) is 19.1 Å². The Balaban J connectivity index is 2.30. The van der Waals surface area contributed by atoms with Gasteiger partial charge >= 0.3 is 0 Å². The molecule has 1 aliphatic rings. The number of carbonyl (C=O) groups is 1. The van der Waals surface area contributed by atoms with Crippen molar-refractivity contribution in [1.29, 1.82) is 0 Å². The van der Waals surface area contributed by atoms with Crippen molar-refractivity contribution in [2.45, 2.75) is 25.8 Å². The van der Waals surface area contributed by atoms with E-state index in [0.29, 0.717) is 0 Å². The Morgan fingerprint density at radius 3 is 2.81 bits per heavy atom. The Hall–Kier alpha value is -1.64. The summed E-state index contributed by atoms with van der Waals surface area (Å²) >= 11 is 0. The molecule has 3 heteroatoms. The third-order valence-electron chi connectivity index (χ3n) is 2.73. The number of hydrogen-bond acceptors (Lipinski definition) is 1. The van der Waals surface area contributed by atoms with E-state index in [2.05, 4.69) is 11.9 Å². The molecule has 1 aliphatic carbocycles. The van der Waals surface area contributed by atoms with Crippen molar-refractivity contribution in [2.75, 3.05) is 0 Å². The van der Waals surface area contributed by atoms with Crippen molar-refractivity contribution in [3.8, 4) is 0 Å². The first-order valence-electron chi connectivity index (χ1n) is 5.35. The highest BCUT2D eigenvalue weighted by atomic mass is 19.1. The van der Waals surface area contributed by atoms with Gasteiger partial charge in [-0.2, -0.15) is 0 Å². The van der Waals surface area contributed by atoms with Crippen LogP contribution in [0.5, 0.6) is 0 Å². The van der Waals surface area contributed by atoms with Gasteiger partial charge in [0.1, 0.15) is 5.82 Å². The molecule has 0 aromatic heterocycles. The van der Waals surface area contributed by atoms with E-state index in [4.69, 9.17) is 0 Å². The predicted molar refractivity (Wildman–Crippen MR) is 61.7 cm³/mol. The second-order valence-corrected chi connectivity index (χ2v) is 4.14. The van der Waals surface area contributed by atoms with Gasteiger partial charge in [0.25, 0.3) is 5.91 Å². The van der Waals surface area contributed by atoms with Crippen LogP contribution in [0.1, 0.15) is 34.3 Å². The molecule has 1 aromatic rings. The highest BCUT2D eigenvalue weighted by Gasteiger charge is 2.25. The molecule has 0 spiro atoms. The first kappa shape index (κ1) is 10.9. The van der Waals surface area contributed by atoms with Crippen molar-refractivity contribution < 1.29 is 9.18 Å². The van der Waals surface area contributed by atoms with Gasteiger partial charge in [0.15, 0.2) is 0 Å². The lowest BCUT2D eigenvalue weighted by Gasteiger charge is -2.07. The molecule has 1 fully saturated rings. The topological polar surface area (TPSA) is 29.1 Å². The van der Waals surface area contributed by atoms with Crippen molar-refractivity contribution in [3.05, 3.63) is 41.2 Å². The minimum Gasteiger partial charge on any atom is -0.349 e. The smallest absolute Gasteiger partial charge is 0.254 e. The number of rotatable bonds is 3. The van der Waals surface area contributed by atoms with Crippen LogP contribution >= 0.6 is 0 Å². The maximum atomic E-state index is 13.6. The van der Waals surface area contributed by atoms with Crippen molar-refractivity contribution in [2.24, 2.45) is 0 Å². The fourth-order valence-corrected chi connectivity index (χ4v) is 1.57. The van der Waals surface area contributed by atoms with E-state index in [1.807, 2.05) is 0 Å². The van der Waals surface area contributed by atoms with Gasteiger partial charge in [0.2, 0.25) is 0 Å². The van der Waals surface area contributed by atoms with Crippen molar-refractivity contribution >= 4 is 12.0 Å². The molecule has 0 aliphatic heterocycles. The fourth-order valence-electron chi connectivity index (χ4n) is 1.57. The zero-order chi connectivity index (χ0) is 11.7. The third kappa shape index (κ3) is 2.13. The second kappa shape index (κ2) is 4.08. The summed E-state index contributed by atoms with van der Waals surface area (Å²) in [7, 11) is 0. The summed E-state index contributed by atoms with van der Waals surface area (Å²) < 4.78 is 13.6. The van der Waals surface area contributed by atoms with Crippen LogP contribution in [0, 0.1) is 12.7 Å². The van der Waals surface area contributed by atoms with Crippen LogP contribution < -0.4 is 5.32 Å². The van der Waals surface area contributed by atoms with Crippen LogP contribution in [0.4, 0.5) is 4.39 Å². The molecule has 16 heavy (non-hydrogen) atoms. The first-order chi connectivity index (χ1) is 7.61. The summed E-state index contributed by atoms with van der Waals surface area (Å²) in [6.45, 7) is 5.44. The normalized spacial score (nSPS) is 14.6. The monoisotopic (exact) mass is 219 g/mol. The van der Waals surface area contributed by atoms with E-state index in [-0.39, 0.29) is 17.5 Å². The molecule has 1 aromatic carbocycles. The van der Waals surface area contributed by atoms with Crippen LogP contribution in [-0.2, 0) is 0 Å². The van der Waals surface area contributed by atoms with Crippen LogP contribution in [0.2, 0.25) is 0 Å². The van der Waals surface area contributed by atoms with E-state index < -0.39 is 5.82 Å². The summed E-state index contributed by atoms with van der Waals surface area (Å²) in [5.74, 6) is -0.802. The van der Waals surface area contributed by atoms with Gasteiger partial charge in [-0.25, -0.2) is 4.39 Å². The van der Waals surface area contributed by atoms with E-state index in [0.717, 1.165) is 24.0 Å². The minimum absolute atomic E-state index is 0.104. The molecule has 1 saturated carbocycles. The number of hydrogen-bond donors (Lipinski definition) is 1. The highest BCUT2D eigenvalue weighted by Crippen LogP contribution is 2.21. The highest BCUT2D eigenvalue weighted by molar-refractivity contribution is 5.95. The lowest BCUT2D eigenvalue weighted by atomic mass is 10.0. The molecule has 2 rings (SSSR count). The van der Waals surface area contributed by atoms with E-state index in [9.17, 15) is 9.18 Å². The summed E-state index contributed by atoms with van der Waals surface area (Å²) in [5, 5.41) is 2.77. The van der Waals surface area contributed by atoms with Crippen LogP contribution in [-0.4, -0.2) is 11.9 Å². The molecule has 1 amide bonds. The number of carbonyl (C=O) groups excluding carboxylic acids is 1. The summed E-state index contributed by atoms with van der Waals surface area (Å²) in [6, 6.07) is 3.16. The molecule has 0 heterocycles. The Morgan fingerprint density at radius 1 is 1.56 bits per heavy atom. The molecule has 84 valence electrons. The molecule has 0 saturated heterocycles. The Labute approximate surface area is 94.2 Å². The van der Waals surface area contributed by atoms with Gasteiger partial charge in [-0.1, -0.05) is 12.7 Å².